The Morgan fingerprint density at radius 1 is 1.18 bits per heavy atom. The Balaban J connectivity index is 1.78. The quantitative estimate of drug-likeness (QED) is 0.830. The van der Waals surface area contributed by atoms with Gasteiger partial charge in [-0.25, -0.2) is 0 Å². The van der Waals surface area contributed by atoms with E-state index in [0.29, 0.717) is 18.7 Å². The van der Waals surface area contributed by atoms with E-state index in [1.54, 1.807) is 4.90 Å². The summed E-state index contributed by atoms with van der Waals surface area (Å²) in [5.41, 5.74) is 1.70. The van der Waals surface area contributed by atoms with Crippen LogP contribution in [0.4, 0.5) is 0 Å². The van der Waals surface area contributed by atoms with Crippen molar-refractivity contribution in [2.75, 3.05) is 13.3 Å². The highest BCUT2D eigenvalue weighted by Gasteiger charge is 2.17. The van der Waals surface area contributed by atoms with Crippen molar-refractivity contribution in [3.8, 4) is 11.5 Å². The average molecular weight is 362 g/mol. The summed E-state index contributed by atoms with van der Waals surface area (Å²) in [6.07, 6.45) is 0. The summed E-state index contributed by atoms with van der Waals surface area (Å²) in [6.45, 7) is 3.41. The fourth-order valence-corrected chi connectivity index (χ4v) is 2.79. The van der Waals surface area contributed by atoms with Crippen LogP contribution in [0.3, 0.4) is 0 Å². The molecular formula is C17H16BrNO3. The van der Waals surface area contributed by atoms with Crippen molar-refractivity contribution in [1.82, 2.24) is 4.90 Å². The van der Waals surface area contributed by atoms with Crippen molar-refractivity contribution in [3.63, 3.8) is 0 Å². The lowest BCUT2D eigenvalue weighted by Gasteiger charge is -2.21. The van der Waals surface area contributed by atoms with E-state index in [1.165, 1.54) is 0 Å². The van der Waals surface area contributed by atoms with Gasteiger partial charge in [0.1, 0.15) is 0 Å². The molecule has 0 radical (unpaired) electrons. The van der Waals surface area contributed by atoms with Gasteiger partial charge < -0.3 is 14.4 Å². The third-order valence-corrected chi connectivity index (χ3v) is 4.04. The molecule has 0 unspecified atom stereocenters. The topological polar surface area (TPSA) is 38.8 Å². The molecule has 114 valence electrons. The van der Waals surface area contributed by atoms with Gasteiger partial charge in [-0.3, -0.25) is 4.79 Å². The molecule has 2 aromatic carbocycles. The molecule has 2 aromatic rings. The molecule has 3 rings (SSSR count). The second-order valence-electron chi connectivity index (χ2n) is 5.02. The summed E-state index contributed by atoms with van der Waals surface area (Å²) in [5.74, 6) is 1.51. The second kappa shape index (κ2) is 6.40. The molecule has 0 aromatic heterocycles. The lowest BCUT2D eigenvalue weighted by Crippen LogP contribution is -2.30. The van der Waals surface area contributed by atoms with E-state index < -0.39 is 0 Å². The Morgan fingerprint density at radius 2 is 2.00 bits per heavy atom. The molecule has 0 bridgehead atoms. The van der Waals surface area contributed by atoms with Crippen LogP contribution in [0.25, 0.3) is 0 Å². The largest absolute Gasteiger partial charge is 0.454 e. The molecule has 0 saturated carbocycles. The number of carbonyl (C=O) groups excluding carboxylic acids is 1. The number of fused-ring (bicyclic) bond motifs is 1. The number of hydrogen-bond donors (Lipinski definition) is 0. The Kier molecular flexibility index (Phi) is 4.34. The average Bonchev–Trinajstić information content (AvgIpc) is 2.99. The van der Waals surface area contributed by atoms with Crippen molar-refractivity contribution in [3.05, 3.63) is 58.1 Å². The first-order valence-electron chi connectivity index (χ1n) is 7.10. The van der Waals surface area contributed by atoms with E-state index in [9.17, 15) is 4.79 Å². The van der Waals surface area contributed by atoms with Crippen molar-refractivity contribution >= 4 is 21.8 Å². The SMILES string of the molecule is CCN(Cc1ccc2c(c1)OCO2)C(=O)c1cccc(Br)c1. The molecule has 0 atom stereocenters. The lowest BCUT2D eigenvalue weighted by atomic mass is 10.1. The molecule has 1 aliphatic heterocycles. The van der Waals surface area contributed by atoms with Gasteiger partial charge in [-0.15, -0.1) is 0 Å². The lowest BCUT2D eigenvalue weighted by molar-refractivity contribution is 0.0752. The summed E-state index contributed by atoms with van der Waals surface area (Å²) in [4.78, 5) is 14.4. The number of halogens is 1. The summed E-state index contributed by atoms with van der Waals surface area (Å²) in [7, 11) is 0. The summed E-state index contributed by atoms with van der Waals surface area (Å²) >= 11 is 3.40. The fraction of sp³-hybridized carbons (Fsp3) is 0.235. The van der Waals surface area contributed by atoms with Crippen LogP contribution in [-0.2, 0) is 6.54 Å². The molecule has 5 heteroatoms. The number of nitrogens with zero attached hydrogens (tertiary/aromatic N) is 1. The van der Waals surface area contributed by atoms with Crippen molar-refractivity contribution in [2.45, 2.75) is 13.5 Å². The van der Waals surface area contributed by atoms with E-state index in [-0.39, 0.29) is 12.7 Å². The van der Waals surface area contributed by atoms with Crippen molar-refractivity contribution < 1.29 is 14.3 Å². The monoisotopic (exact) mass is 361 g/mol. The fourth-order valence-electron chi connectivity index (χ4n) is 2.39. The van der Waals surface area contributed by atoms with Gasteiger partial charge in [0, 0.05) is 23.1 Å². The molecule has 0 spiro atoms. The van der Waals surface area contributed by atoms with Gasteiger partial charge in [0.05, 0.1) is 0 Å². The van der Waals surface area contributed by atoms with Crippen LogP contribution in [0, 0.1) is 0 Å². The zero-order valence-electron chi connectivity index (χ0n) is 12.2. The van der Waals surface area contributed by atoms with Crippen molar-refractivity contribution in [2.24, 2.45) is 0 Å². The minimum absolute atomic E-state index is 0.0152. The number of hydrogen-bond acceptors (Lipinski definition) is 3. The zero-order chi connectivity index (χ0) is 15.5. The zero-order valence-corrected chi connectivity index (χ0v) is 13.8. The number of benzene rings is 2. The van der Waals surface area contributed by atoms with Gasteiger partial charge >= 0.3 is 0 Å². The van der Waals surface area contributed by atoms with Gasteiger partial charge in [0.25, 0.3) is 5.91 Å². The highest BCUT2D eigenvalue weighted by molar-refractivity contribution is 9.10. The second-order valence-corrected chi connectivity index (χ2v) is 5.93. The van der Waals surface area contributed by atoms with E-state index in [0.717, 1.165) is 21.5 Å². The summed E-state index contributed by atoms with van der Waals surface area (Å²) in [6, 6.07) is 13.2. The van der Waals surface area contributed by atoms with Crippen LogP contribution >= 0.6 is 15.9 Å². The predicted molar refractivity (Wildman–Crippen MR) is 87.1 cm³/mol. The van der Waals surface area contributed by atoms with Crippen LogP contribution in [0.1, 0.15) is 22.8 Å². The maximum Gasteiger partial charge on any atom is 0.254 e. The number of amides is 1. The van der Waals surface area contributed by atoms with E-state index in [2.05, 4.69) is 15.9 Å². The molecule has 0 N–H and O–H groups in total. The molecule has 0 fully saturated rings. The Morgan fingerprint density at radius 3 is 2.77 bits per heavy atom. The first-order valence-corrected chi connectivity index (χ1v) is 7.90. The van der Waals surface area contributed by atoms with Crippen LogP contribution in [0.5, 0.6) is 11.5 Å². The Bertz CT molecular complexity index is 702. The highest BCUT2D eigenvalue weighted by Crippen LogP contribution is 2.32. The minimum Gasteiger partial charge on any atom is -0.454 e. The van der Waals surface area contributed by atoms with Crippen LogP contribution in [0.2, 0.25) is 0 Å². The molecule has 0 saturated heterocycles. The van der Waals surface area contributed by atoms with Crippen LogP contribution in [0.15, 0.2) is 46.9 Å². The summed E-state index contributed by atoms with van der Waals surface area (Å²) in [5, 5.41) is 0. The molecule has 4 nitrogen and oxygen atoms in total. The number of ether oxygens (including phenoxy) is 2. The van der Waals surface area contributed by atoms with E-state index >= 15 is 0 Å². The smallest absolute Gasteiger partial charge is 0.254 e. The predicted octanol–water partition coefficient (Wildman–Crippen LogP) is 3.84. The Labute approximate surface area is 137 Å². The van der Waals surface area contributed by atoms with E-state index in [4.69, 9.17) is 9.47 Å². The first kappa shape index (κ1) is 14.9. The van der Waals surface area contributed by atoms with Crippen LogP contribution < -0.4 is 9.47 Å². The maximum atomic E-state index is 12.6. The third-order valence-electron chi connectivity index (χ3n) is 3.55. The highest BCUT2D eigenvalue weighted by atomic mass is 79.9. The van der Waals surface area contributed by atoms with Gasteiger partial charge in [-0.05, 0) is 42.8 Å². The minimum atomic E-state index is 0.0152. The number of rotatable bonds is 4. The Hall–Kier alpha value is -2.01. The van der Waals surface area contributed by atoms with Crippen molar-refractivity contribution in [1.29, 1.82) is 0 Å². The third kappa shape index (κ3) is 3.09. The number of carbonyl (C=O) groups is 1. The normalized spacial score (nSPS) is 12.3. The first-order chi connectivity index (χ1) is 10.7. The molecule has 1 amide bonds. The van der Waals surface area contributed by atoms with Gasteiger partial charge in [0.2, 0.25) is 6.79 Å². The molecule has 1 heterocycles. The van der Waals surface area contributed by atoms with E-state index in [1.807, 2.05) is 49.4 Å². The molecule has 1 aliphatic rings. The molecule has 22 heavy (non-hydrogen) atoms. The molecular weight excluding hydrogens is 346 g/mol. The van der Waals surface area contributed by atoms with Gasteiger partial charge in [-0.1, -0.05) is 28.1 Å². The maximum absolute atomic E-state index is 12.6. The van der Waals surface area contributed by atoms with Crippen LogP contribution in [-0.4, -0.2) is 24.1 Å². The standard InChI is InChI=1S/C17H16BrNO3/c1-2-19(17(20)13-4-3-5-14(18)9-13)10-12-6-7-15-16(8-12)22-11-21-15/h3-9H,2,10-11H2,1H3. The van der Waals surface area contributed by atoms with Gasteiger partial charge in [0.15, 0.2) is 11.5 Å². The van der Waals surface area contributed by atoms with Gasteiger partial charge in [-0.2, -0.15) is 0 Å². The summed E-state index contributed by atoms with van der Waals surface area (Å²) < 4.78 is 11.6. The molecule has 0 aliphatic carbocycles.